The Morgan fingerprint density at radius 1 is 1.20 bits per heavy atom. The molecule has 20 heavy (non-hydrogen) atoms. The molecule has 1 aromatic rings. The summed E-state index contributed by atoms with van der Waals surface area (Å²) in [7, 11) is 0. The molecule has 106 valence electrons. The van der Waals surface area contributed by atoms with Crippen LogP contribution in [-0.2, 0) is 0 Å². The van der Waals surface area contributed by atoms with E-state index in [4.69, 9.17) is 5.11 Å². The van der Waals surface area contributed by atoms with Crippen LogP contribution in [0, 0.1) is 23.5 Å². The number of halogens is 2. The summed E-state index contributed by atoms with van der Waals surface area (Å²) in [5, 5.41) is 9.06. The van der Waals surface area contributed by atoms with E-state index >= 15 is 0 Å². The number of amides is 1. The molecule has 0 saturated carbocycles. The fraction of sp³-hybridized carbons (Fsp3) is 0.400. The number of benzene rings is 1. The minimum Gasteiger partial charge on any atom is -0.465 e. The summed E-state index contributed by atoms with van der Waals surface area (Å²) in [5.41, 5.74) is 1.50. The second-order valence-corrected chi connectivity index (χ2v) is 5.60. The molecule has 1 aromatic carbocycles. The normalized spacial score (nSPS) is 25.3. The number of likely N-dealkylation sites (tertiary alicyclic amines) is 1. The minimum absolute atomic E-state index is 0.139. The van der Waals surface area contributed by atoms with Crippen LogP contribution < -0.4 is 0 Å². The van der Waals surface area contributed by atoms with Crippen LogP contribution in [0.5, 0.6) is 0 Å². The molecule has 2 unspecified atom stereocenters. The number of hydrogen-bond donors (Lipinski definition) is 1. The summed E-state index contributed by atoms with van der Waals surface area (Å²) in [5.74, 6) is -0.788. The molecule has 1 N–H and O–H groups in total. The number of carbonyl (C=O) groups is 1. The predicted octanol–water partition coefficient (Wildman–Crippen LogP) is 3.37. The number of rotatable bonds is 1. The summed E-state index contributed by atoms with van der Waals surface area (Å²) >= 11 is 0. The summed E-state index contributed by atoms with van der Waals surface area (Å²) in [6.07, 6.45) is 2.70. The number of piperidine rings is 1. The van der Waals surface area contributed by atoms with Crippen molar-refractivity contribution in [3.8, 4) is 0 Å². The summed E-state index contributed by atoms with van der Waals surface area (Å²) in [6.45, 7) is 0.966. The van der Waals surface area contributed by atoms with Gasteiger partial charge in [-0.15, -0.1) is 0 Å². The van der Waals surface area contributed by atoms with Crippen LogP contribution >= 0.6 is 0 Å². The number of fused-ring (bicyclic) bond motifs is 2. The first-order valence-electron chi connectivity index (χ1n) is 6.66. The van der Waals surface area contributed by atoms with Crippen molar-refractivity contribution in [1.29, 1.82) is 0 Å². The van der Waals surface area contributed by atoms with Gasteiger partial charge in [0, 0.05) is 19.2 Å². The number of carboxylic acid groups (broad SMARTS) is 1. The average Bonchev–Trinajstić information content (AvgIpc) is 2.36. The Labute approximate surface area is 115 Å². The van der Waals surface area contributed by atoms with Gasteiger partial charge in [0.25, 0.3) is 0 Å². The average molecular weight is 279 g/mol. The van der Waals surface area contributed by atoms with Crippen LogP contribution in [0.2, 0.25) is 0 Å². The standard InChI is InChI=1S/C15H15F2NO2/c16-13-4-12(5-14(17)6-13)11-2-9-1-10(3-11)8-18(7-9)15(19)20/h2,4-6,9-10H,1,3,7-8H2,(H,19,20). The van der Waals surface area contributed by atoms with Crippen LogP contribution in [0.25, 0.3) is 5.57 Å². The zero-order chi connectivity index (χ0) is 14.3. The lowest BCUT2D eigenvalue weighted by Crippen LogP contribution is -2.44. The topological polar surface area (TPSA) is 40.5 Å². The molecule has 0 spiro atoms. The zero-order valence-corrected chi connectivity index (χ0v) is 10.9. The molecule has 1 aliphatic heterocycles. The van der Waals surface area contributed by atoms with Gasteiger partial charge in [-0.25, -0.2) is 13.6 Å². The van der Waals surface area contributed by atoms with Crippen LogP contribution in [0.15, 0.2) is 24.3 Å². The maximum atomic E-state index is 13.3. The second-order valence-electron chi connectivity index (χ2n) is 5.60. The van der Waals surface area contributed by atoms with E-state index in [2.05, 4.69) is 0 Å². The Hall–Kier alpha value is -1.91. The highest BCUT2D eigenvalue weighted by molar-refractivity contribution is 5.69. The second kappa shape index (κ2) is 4.89. The van der Waals surface area contributed by atoms with E-state index in [0.29, 0.717) is 25.1 Å². The molecule has 3 rings (SSSR count). The number of nitrogens with zero attached hydrogens (tertiary/aromatic N) is 1. The van der Waals surface area contributed by atoms with E-state index in [9.17, 15) is 13.6 Å². The summed E-state index contributed by atoms with van der Waals surface area (Å²) in [4.78, 5) is 12.5. The quantitative estimate of drug-likeness (QED) is 0.856. The maximum absolute atomic E-state index is 13.3. The Morgan fingerprint density at radius 3 is 2.50 bits per heavy atom. The van der Waals surface area contributed by atoms with Crippen LogP contribution in [-0.4, -0.2) is 29.2 Å². The third kappa shape index (κ3) is 2.53. The smallest absolute Gasteiger partial charge is 0.407 e. The third-order valence-electron chi connectivity index (χ3n) is 4.02. The Morgan fingerprint density at radius 2 is 1.90 bits per heavy atom. The highest BCUT2D eigenvalue weighted by Crippen LogP contribution is 2.38. The van der Waals surface area contributed by atoms with Gasteiger partial charge in [0.05, 0.1) is 0 Å². The van der Waals surface area contributed by atoms with E-state index in [-0.39, 0.29) is 11.8 Å². The molecule has 2 bridgehead atoms. The maximum Gasteiger partial charge on any atom is 0.407 e. The molecule has 5 heteroatoms. The number of allylic oxidation sites excluding steroid dienone is 1. The Kier molecular flexibility index (Phi) is 3.20. The van der Waals surface area contributed by atoms with Gasteiger partial charge >= 0.3 is 6.09 Å². The van der Waals surface area contributed by atoms with Crippen molar-refractivity contribution in [2.24, 2.45) is 11.8 Å². The van der Waals surface area contributed by atoms with Crippen LogP contribution in [0.1, 0.15) is 18.4 Å². The summed E-state index contributed by atoms with van der Waals surface area (Å²) < 4.78 is 26.6. The lowest BCUT2D eigenvalue weighted by atomic mass is 9.77. The highest BCUT2D eigenvalue weighted by Gasteiger charge is 2.33. The van der Waals surface area contributed by atoms with E-state index in [1.54, 1.807) is 0 Å². The van der Waals surface area contributed by atoms with Crippen molar-refractivity contribution in [1.82, 2.24) is 4.90 Å². The van der Waals surface area contributed by atoms with Crippen molar-refractivity contribution in [2.75, 3.05) is 13.1 Å². The van der Waals surface area contributed by atoms with Gasteiger partial charge in [0.2, 0.25) is 0 Å². The van der Waals surface area contributed by atoms with E-state index in [0.717, 1.165) is 18.1 Å². The van der Waals surface area contributed by atoms with Gasteiger partial charge in [0.1, 0.15) is 11.6 Å². The van der Waals surface area contributed by atoms with Crippen molar-refractivity contribution >= 4 is 11.7 Å². The van der Waals surface area contributed by atoms with Crippen LogP contribution in [0.3, 0.4) is 0 Å². The van der Waals surface area contributed by atoms with Crippen molar-refractivity contribution < 1.29 is 18.7 Å². The first-order valence-corrected chi connectivity index (χ1v) is 6.66. The zero-order valence-electron chi connectivity index (χ0n) is 10.9. The first kappa shape index (κ1) is 13.1. The van der Waals surface area contributed by atoms with E-state index in [1.165, 1.54) is 17.0 Å². The first-order chi connectivity index (χ1) is 9.51. The lowest BCUT2D eigenvalue weighted by Gasteiger charge is -2.39. The van der Waals surface area contributed by atoms with Crippen molar-refractivity contribution in [2.45, 2.75) is 12.8 Å². The van der Waals surface area contributed by atoms with E-state index in [1.807, 2.05) is 6.08 Å². The monoisotopic (exact) mass is 279 g/mol. The SMILES string of the molecule is O=C(O)N1CC2C=C(c3cc(F)cc(F)c3)CC(C2)C1. The molecule has 2 atom stereocenters. The van der Waals surface area contributed by atoms with Crippen molar-refractivity contribution in [3.63, 3.8) is 0 Å². The Bertz CT molecular complexity index is 565. The minimum atomic E-state index is -0.895. The predicted molar refractivity (Wildman–Crippen MR) is 70.1 cm³/mol. The molecular weight excluding hydrogens is 264 g/mol. The van der Waals surface area contributed by atoms with Gasteiger partial charge in [-0.2, -0.15) is 0 Å². The molecular formula is C15H15F2NO2. The largest absolute Gasteiger partial charge is 0.465 e. The molecule has 1 amide bonds. The van der Waals surface area contributed by atoms with Crippen molar-refractivity contribution in [3.05, 3.63) is 41.5 Å². The summed E-state index contributed by atoms with van der Waals surface area (Å²) in [6, 6.07) is 3.54. The molecule has 3 nitrogen and oxygen atoms in total. The molecule has 0 radical (unpaired) electrons. The highest BCUT2D eigenvalue weighted by atomic mass is 19.1. The molecule has 0 aromatic heterocycles. The van der Waals surface area contributed by atoms with Gasteiger partial charge in [0.15, 0.2) is 0 Å². The van der Waals surface area contributed by atoms with E-state index < -0.39 is 17.7 Å². The molecule has 1 saturated heterocycles. The molecule has 1 aliphatic carbocycles. The molecule has 1 heterocycles. The van der Waals surface area contributed by atoms with Gasteiger partial charge in [-0.3, -0.25) is 0 Å². The van der Waals surface area contributed by atoms with Gasteiger partial charge in [-0.05, 0) is 47.9 Å². The fourth-order valence-corrected chi connectivity index (χ4v) is 3.29. The molecule has 2 aliphatic rings. The number of hydrogen-bond acceptors (Lipinski definition) is 1. The Balaban J connectivity index is 1.88. The molecule has 1 fully saturated rings. The fourth-order valence-electron chi connectivity index (χ4n) is 3.29. The third-order valence-corrected chi connectivity index (χ3v) is 4.02. The van der Waals surface area contributed by atoms with Crippen LogP contribution in [0.4, 0.5) is 13.6 Å². The lowest BCUT2D eigenvalue weighted by molar-refractivity contribution is 0.106. The van der Waals surface area contributed by atoms with Gasteiger partial charge < -0.3 is 10.0 Å². The van der Waals surface area contributed by atoms with Gasteiger partial charge in [-0.1, -0.05) is 6.08 Å².